The van der Waals surface area contributed by atoms with Crippen molar-refractivity contribution in [1.29, 1.82) is 0 Å². The molecule has 0 atom stereocenters. The van der Waals surface area contributed by atoms with Crippen LogP contribution in [0.5, 0.6) is 5.75 Å². The summed E-state index contributed by atoms with van der Waals surface area (Å²) in [6, 6.07) is 16.6. The highest BCUT2D eigenvalue weighted by molar-refractivity contribution is 5.79. The molecule has 6 nitrogen and oxygen atoms in total. The summed E-state index contributed by atoms with van der Waals surface area (Å²) < 4.78 is 87.5. The smallest absolute Gasteiger partial charge is 0.430 e. The lowest BCUT2D eigenvalue weighted by atomic mass is 9.92. The van der Waals surface area contributed by atoms with Gasteiger partial charge in [0.25, 0.3) is 11.2 Å². The van der Waals surface area contributed by atoms with Crippen LogP contribution in [0.25, 0.3) is 16.6 Å². The third kappa shape index (κ3) is 6.14. The van der Waals surface area contributed by atoms with Gasteiger partial charge in [0, 0.05) is 18.5 Å². The molecule has 0 bridgehead atoms. The van der Waals surface area contributed by atoms with Gasteiger partial charge in [0.05, 0.1) is 16.6 Å². The summed E-state index contributed by atoms with van der Waals surface area (Å²) in [4.78, 5) is 20.6. The largest absolute Gasteiger partial charge is 0.492 e. The standard InChI is InChI=1S/C30H29F6N3O3/c1-3-38(4-2)16-17-42-23-14-15-25-24(19-23)27(40)39(26(37-25)18-20-8-6-5-7-9-20)22-12-10-21(11-13-22)28(41,29(31,32)33)30(34,35)36/h5-15,19,41H,3-4,16-18H2,1-2H3. The second kappa shape index (κ2) is 12.1. The lowest BCUT2D eigenvalue weighted by Gasteiger charge is -2.32. The van der Waals surface area contributed by atoms with Gasteiger partial charge < -0.3 is 14.7 Å². The number of alkyl halides is 6. The van der Waals surface area contributed by atoms with E-state index >= 15 is 0 Å². The fourth-order valence-corrected chi connectivity index (χ4v) is 4.64. The topological polar surface area (TPSA) is 67.6 Å². The van der Waals surface area contributed by atoms with Crippen LogP contribution in [0.3, 0.4) is 0 Å². The van der Waals surface area contributed by atoms with E-state index in [1.54, 1.807) is 42.5 Å². The number of ether oxygens (including phenoxy) is 1. The van der Waals surface area contributed by atoms with Crippen molar-refractivity contribution in [3.63, 3.8) is 0 Å². The average Bonchev–Trinajstić information content (AvgIpc) is 2.95. The summed E-state index contributed by atoms with van der Waals surface area (Å²) in [6.07, 6.45) is -11.9. The van der Waals surface area contributed by atoms with E-state index in [0.717, 1.165) is 35.4 Å². The second-order valence-corrected chi connectivity index (χ2v) is 9.64. The Kier molecular flexibility index (Phi) is 8.98. The number of hydrogen-bond donors (Lipinski definition) is 1. The van der Waals surface area contributed by atoms with Crippen molar-refractivity contribution < 1.29 is 36.2 Å². The van der Waals surface area contributed by atoms with Gasteiger partial charge >= 0.3 is 12.4 Å². The summed E-state index contributed by atoms with van der Waals surface area (Å²) in [5, 5.41) is 9.93. The SMILES string of the molecule is CCN(CC)CCOc1ccc2nc(Cc3ccccc3)n(-c3ccc(C(O)(C(F)(F)F)C(F)(F)F)cc3)c(=O)c2c1. The first-order valence-electron chi connectivity index (χ1n) is 13.2. The Hall–Kier alpha value is -3.90. The number of aromatic nitrogens is 2. The van der Waals surface area contributed by atoms with E-state index in [1.165, 1.54) is 6.07 Å². The maximum absolute atomic E-state index is 13.8. The van der Waals surface area contributed by atoms with Crippen LogP contribution in [0.1, 0.15) is 30.8 Å². The summed E-state index contributed by atoms with van der Waals surface area (Å²) >= 11 is 0. The van der Waals surface area contributed by atoms with Crippen LogP contribution in [0.4, 0.5) is 26.3 Å². The number of benzene rings is 3. The molecule has 0 aliphatic carbocycles. The van der Waals surface area contributed by atoms with Crippen LogP contribution in [-0.4, -0.2) is 58.2 Å². The van der Waals surface area contributed by atoms with Crippen LogP contribution < -0.4 is 10.3 Å². The van der Waals surface area contributed by atoms with Gasteiger partial charge in [0.1, 0.15) is 18.2 Å². The van der Waals surface area contributed by atoms with Crippen molar-refractivity contribution in [1.82, 2.24) is 14.5 Å². The highest BCUT2D eigenvalue weighted by Crippen LogP contribution is 2.50. The highest BCUT2D eigenvalue weighted by Gasteiger charge is 2.71. The third-order valence-corrected chi connectivity index (χ3v) is 7.05. The minimum absolute atomic E-state index is 0.0244. The molecule has 0 saturated carbocycles. The van der Waals surface area contributed by atoms with Crippen molar-refractivity contribution in [3.8, 4) is 11.4 Å². The molecule has 0 amide bonds. The molecule has 4 rings (SSSR count). The Balaban J connectivity index is 1.81. The van der Waals surface area contributed by atoms with Gasteiger partial charge in [0.15, 0.2) is 0 Å². The van der Waals surface area contributed by atoms with Crippen molar-refractivity contribution in [2.75, 3.05) is 26.2 Å². The van der Waals surface area contributed by atoms with Crippen LogP contribution in [0, 0.1) is 0 Å². The molecule has 42 heavy (non-hydrogen) atoms. The molecule has 0 unspecified atom stereocenters. The molecule has 0 spiro atoms. The van der Waals surface area contributed by atoms with Gasteiger partial charge in [0.2, 0.25) is 0 Å². The molecule has 0 radical (unpaired) electrons. The summed E-state index contributed by atoms with van der Waals surface area (Å²) in [7, 11) is 0. The summed E-state index contributed by atoms with van der Waals surface area (Å²) in [5.41, 5.74) is -6.01. The van der Waals surface area contributed by atoms with Crippen LogP contribution >= 0.6 is 0 Å². The van der Waals surface area contributed by atoms with Gasteiger partial charge in [-0.1, -0.05) is 56.3 Å². The fraction of sp³-hybridized carbons (Fsp3) is 0.333. The first-order chi connectivity index (χ1) is 19.8. The first-order valence-corrected chi connectivity index (χ1v) is 13.2. The molecule has 224 valence electrons. The van der Waals surface area contributed by atoms with Crippen LogP contribution in [0.2, 0.25) is 0 Å². The van der Waals surface area contributed by atoms with Crippen molar-refractivity contribution >= 4 is 10.9 Å². The Morgan fingerprint density at radius 3 is 2.07 bits per heavy atom. The first kappa shape index (κ1) is 31.0. The second-order valence-electron chi connectivity index (χ2n) is 9.64. The molecule has 1 N–H and O–H groups in total. The predicted octanol–water partition coefficient (Wildman–Crippen LogP) is 6.01. The predicted molar refractivity (Wildman–Crippen MR) is 146 cm³/mol. The van der Waals surface area contributed by atoms with E-state index in [1.807, 2.05) is 13.8 Å². The van der Waals surface area contributed by atoms with E-state index in [4.69, 9.17) is 4.74 Å². The Bertz CT molecular complexity index is 1550. The zero-order valence-electron chi connectivity index (χ0n) is 22.8. The fourth-order valence-electron chi connectivity index (χ4n) is 4.64. The number of aliphatic hydroxyl groups is 1. The number of hydrogen-bond acceptors (Lipinski definition) is 5. The van der Waals surface area contributed by atoms with E-state index < -0.39 is 29.1 Å². The molecule has 0 aliphatic rings. The molecule has 0 fully saturated rings. The maximum Gasteiger partial charge on any atom is 0.430 e. The molecule has 0 saturated heterocycles. The van der Waals surface area contributed by atoms with Gasteiger partial charge in [-0.05, 0) is 49.0 Å². The number of fused-ring (bicyclic) bond motifs is 1. The minimum Gasteiger partial charge on any atom is -0.492 e. The van der Waals surface area contributed by atoms with Crippen LogP contribution in [0.15, 0.2) is 77.6 Å². The van der Waals surface area contributed by atoms with E-state index in [9.17, 15) is 36.2 Å². The van der Waals surface area contributed by atoms with E-state index in [-0.39, 0.29) is 23.3 Å². The highest BCUT2D eigenvalue weighted by atomic mass is 19.4. The molecule has 12 heteroatoms. The van der Waals surface area contributed by atoms with Crippen molar-refractivity contribution in [2.24, 2.45) is 0 Å². The van der Waals surface area contributed by atoms with Crippen molar-refractivity contribution in [2.45, 2.75) is 38.2 Å². The lowest BCUT2D eigenvalue weighted by Crippen LogP contribution is -2.53. The third-order valence-electron chi connectivity index (χ3n) is 7.05. The number of rotatable bonds is 10. The molecule has 4 aromatic rings. The zero-order valence-corrected chi connectivity index (χ0v) is 22.8. The van der Waals surface area contributed by atoms with E-state index in [0.29, 0.717) is 36.6 Å². The summed E-state index contributed by atoms with van der Waals surface area (Å²) in [5.74, 6) is 0.621. The maximum atomic E-state index is 13.8. The average molecular weight is 594 g/mol. The molecular formula is C30H29F6N3O3. The quantitative estimate of drug-likeness (QED) is 0.228. The van der Waals surface area contributed by atoms with Gasteiger partial charge in [-0.15, -0.1) is 0 Å². The molecular weight excluding hydrogens is 564 g/mol. The number of halogens is 6. The molecule has 0 aliphatic heterocycles. The monoisotopic (exact) mass is 593 g/mol. The molecule has 3 aromatic carbocycles. The lowest BCUT2D eigenvalue weighted by molar-refractivity contribution is -0.376. The Morgan fingerprint density at radius 2 is 1.50 bits per heavy atom. The van der Waals surface area contributed by atoms with Gasteiger partial charge in [-0.3, -0.25) is 9.36 Å². The zero-order chi connectivity index (χ0) is 30.7. The van der Waals surface area contributed by atoms with Crippen LogP contribution in [-0.2, 0) is 12.0 Å². The van der Waals surface area contributed by atoms with E-state index in [2.05, 4.69) is 9.88 Å². The minimum atomic E-state index is -6.03. The van der Waals surface area contributed by atoms with Crippen molar-refractivity contribution in [3.05, 3.63) is 100 Å². The molecule has 1 aromatic heterocycles. The molecule has 1 heterocycles. The number of nitrogens with zero attached hydrogens (tertiary/aromatic N) is 3. The normalized spacial score (nSPS) is 12.7. The Morgan fingerprint density at radius 1 is 0.881 bits per heavy atom. The Labute approximate surface area is 237 Å². The summed E-state index contributed by atoms with van der Waals surface area (Å²) in [6.45, 7) is 6.78. The number of likely N-dealkylation sites (N-methyl/N-ethyl adjacent to an activating group) is 1. The van der Waals surface area contributed by atoms with Gasteiger partial charge in [-0.25, -0.2) is 4.98 Å². The van der Waals surface area contributed by atoms with Gasteiger partial charge in [-0.2, -0.15) is 26.3 Å².